The smallest absolute Gasteiger partial charge is 0.170 e. The van der Waals surface area contributed by atoms with Crippen molar-refractivity contribution in [2.45, 2.75) is 6.04 Å². The molecule has 0 saturated heterocycles. The first-order valence-electron chi connectivity index (χ1n) is 7.50. The summed E-state index contributed by atoms with van der Waals surface area (Å²) in [4.78, 5) is 2.18. The van der Waals surface area contributed by atoms with Gasteiger partial charge in [-0.1, -0.05) is 36.4 Å². The molecule has 2 rings (SSSR count). The first-order valence-corrected chi connectivity index (χ1v) is 7.91. The van der Waals surface area contributed by atoms with Gasteiger partial charge in [0.1, 0.15) is 5.75 Å². The maximum Gasteiger partial charge on any atom is 0.170 e. The molecule has 2 N–H and O–H groups in total. The van der Waals surface area contributed by atoms with Crippen LogP contribution in [0.15, 0.2) is 54.6 Å². The summed E-state index contributed by atoms with van der Waals surface area (Å²) in [5.74, 6) is 0.799. The third-order valence-corrected chi connectivity index (χ3v) is 3.84. The van der Waals surface area contributed by atoms with Crippen molar-refractivity contribution in [1.29, 1.82) is 0 Å². The number of anilines is 1. The monoisotopic (exact) mass is 329 g/mol. The van der Waals surface area contributed by atoms with Crippen LogP contribution >= 0.6 is 12.2 Å². The Bertz CT molecular complexity index is 631. The third-order valence-electron chi connectivity index (χ3n) is 3.59. The van der Waals surface area contributed by atoms with Crippen LogP contribution < -0.4 is 15.4 Å². The maximum absolute atomic E-state index is 5.39. The Hall–Kier alpha value is -2.11. The lowest BCUT2D eigenvalue weighted by atomic mass is 10.1. The van der Waals surface area contributed by atoms with Crippen LogP contribution in [0.4, 0.5) is 5.69 Å². The number of methoxy groups -OCH3 is 1. The number of nitrogens with one attached hydrogen (secondary N) is 2. The van der Waals surface area contributed by atoms with Crippen LogP contribution in [0.1, 0.15) is 11.6 Å². The quantitative estimate of drug-likeness (QED) is 0.796. The summed E-state index contributed by atoms with van der Waals surface area (Å²) in [6, 6.07) is 18.3. The Morgan fingerprint density at radius 3 is 2.52 bits per heavy atom. The minimum atomic E-state index is 0.251. The van der Waals surface area contributed by atoms with Crippen molar-refractivity contribution in [1.82, 2.24) is 10.2 Å². The van der Waals surface area contributed by atoms with Gasteiger partial charge in [0, 0.05) is 18.3 Å². The molecular formula is C18H23N3OS. The molecule has 0 aliphatic heterocycles. The fraction of sp³-hybridized carbons (Fsp3) is 0.278. The summed E-state index contributed by atoms with van der Waals surface area (Å²) < 4.78 is 5.21. The molecule has 0 radical (unpaired) electrons. The number of thiocarbonyl (C=S) groups is 1. The summed E-state index contributed by atoms with van der Waals surface area (Å²) in [7, 11) is 5.78. The van der Waals surface area contributed by atoms with Crippen molar-refractivity contribution in [2.24, 2.45) is 0 Å². The van der Waals surface area contributed by atoms with Crippen LogP contribution in [0.5, 0.6) is 5.75 Å². The molecular weight excluding hydrogens is 306 g/mol. The minimum Gasteiger partial charge on any atom is -0.497 e. The molecule has 0 spiro atoms. The zero-order valence-corrected chi connectivity index (χ0v) is 14.6. The molecule has 5 heteroatoms. The molecule has 4 nitrogen and oxygen atoms in total. The lowest BCUT2D eigenvalue weighted by molar-refractivity contribution is 0.299. The molecule has 23 heavy (non-hydrogen) atoms. The first-order chi connectivity index (χ1) is 11.1. The second-order valence-corrected chi connectivity index (χ2v) is 5.87. The van der Waals surface area contributed by atoms with E-state index in [1.54, 1.807) is 7.11 Å². The van der Waals surface area contributed by atoms with Crippen molar-refractivity contribution in [2.75, 3.05) is 33.1 Å². The van der Waals surface area contributed by atoms with E-state index in [4.69, 9.17) is 17.0 Å². The lowest BCUT2D eigenvalue weighted by Gasteiger charge is -2.25. The highest BCUT2D eigenvalue weighted by Gasteiger charge is 2.13. The van der Waals surface area contributed by atoms with Gasteiger partial charge in [-0.05, 0) is 44.0 Å². The van der Waals surface area contributed by atoms with E-state index in [1.165, 1.54) is 5.56 Å². The number of hydrogen-bond acceptors (Lipinski definition) is 3. The zero-order valence-electron chi connectivity index (χ0n) is 13.7. The van der Waals surface area contributed by atoms with Crippen molar-refractivity contribution < 1.29 is 4.74 Å². The molecule has 0 saturated carbocycles. The molecule has 2 aromatic rings. The van der Waals surface area contributed by atoms with Gasteiger partial charge in [0.2, 0.25) is 0 Å². The van der Waals surface area contributed by atoms with Gasteiger partial charge in [0.25, 0.3) is 0 Å². The molecule has 0 fully saturated rings. The molecule has 0 heterocycles. The molecule has 2 aromatic carbocycles. The summed E-state index contributed by atoms with van der Waals surface area (Å²) in [6.07, 6.45) is 0. The van der Waals surface area contributed by atoms with Crippen LogP contribution in [-0.2, 0) is 0 Å². The van der Waals surface area contributed by atoms with Crippen LogP contribution in [0.25, 0.3) is 0 Å². The largest absolute Gasteiger partial charge is 0.497 e. The Morgan fingerprint density at radius 2 is 1.87 bits per heavy atom. The van der Waals surface area contributed by atoms with E-state index < -0.39 is 0 Å². The van der Waals surface area contributed by atoms with Gasteiger partial charge in [-0.25, -0.2) is 0 Å². The Balaban J connectivity index is 1.94. The number of ether oxygens (including phenoxy) is 1. The summed E-state index contributed by atoms with van der Waals surface area (Å²) in [6.45, 7) is 0.729. The van der Waals surface area contributed by atoms with Crippen LogP contribution in [0.3, 0.4) is 0 Å². The summed E-state index contributed by atoms with van der Waals surface area (Å²) in [5, 5.41) is 7.07. The lowest BCUT2D eigenvalue weighted by Crippen LogP contribution is -2.36. The Kier molecular flexibility index (Phi) is 6.38. The minimum absolute atomic E-state index is 0.251. The Morgan fingerprint density at radius 1 is 1.13 bits per heavy atom. The highest BCUT2D eigenvalue weighted by atomic mass is 32.1. The zero-order chi connectivity index (χ0) is 16.7. The summed E-state index contributed by atoms with van der Waals surface area (Å²) >= 11 is 5.39. The van der Waals surface area contributed by atoms with Crippen LogP contribution in [-0.4, -0.2) is 37.8 Å². The average Bonchev–Trinajstić information content (AvgIpc) is 2.56. The van der Waals surface area contributed by atoms with E-state index >= 15 is 0 Å². The average molecular weight is 329 g/mol. The molecule has 0 aliphatic rings. The van der Waals surface area contributed by atoms with Crippen molar-refractivity contribution >= 4 is 23.0 Å². The highest BCUT2D eigenvalue weighted by molar-refractivity contribution is 7.80. The van der Waals surface area contributed by atoms with E-state index in [2.05, 4.69) is 53.9 Å². The van der Waals surface area contributed by atoms with E-state index in [0.717, 1.165) is 18.0 Å². The van der Waals surface area contributed by atoms with E-state index in [1.807, 2.05) is 30.3 Å². The van der Waals surface area contributed by atoms with Gasteiger partial charge in [-0.15, -0.1) is 0 Å². The molecule has 0 aromatic heterocycles. The SMILES string of the molecule is COc1cccc(NC(=S)NC[C@H](c2ccccc2)N(C)C)c1. The van der Waals surface area contributed by atoms with E-state index in [0.29, 0.717) is 5.11 Å². The topological polar surface area (TPSA) is 36.5 Å². The molecule has 0 aliphatic carbocycles. The normalized spacial score (nSPS) is 11.8. The number of likely N-dealkylation sites (N-methyl/N-ethyl adjacent to an activating group) is 1. The molecule has 0 unspecified atom stereocenters. The van der Waals surface area contributed by atoms with Crippen molar-refractivity contribution in [3.63, 3.8) is 0 Å². The van der Waals surface area contributed by atoms with Crippen molar-refractivity contribution in [3.05, 3.63) is 60.2 Å². The van der Waals surface area contributed by atoms with Gasteiger partial charge in [-0.3, -0.25) is 0 Å². The van der Waals surface area contributed by atoms with Gasteiger partial charge in [0.05, 0.1) is 13.2 Å². The second-order valence-electron chi connectivity index (χ2n) is 5.46. The number of rotatable bonds is 6. The van der Waals surface area contributed by atoms with Gasteiger partial charge < -0.3 is 20.3 Å². The highest BCUT2D eigenvalue weighted by Crippen LogP contribution is 2.18. The van der Waals surface area contributed by atoms with Gasteiger partial charge in [0.15, 0.2) is 5.11 Å². The van der Waals surface area contributed by atoms with Crippen LogP contribution in [0, 0.1) is 0 Å². The predicted octanol–water partition coefficient (Wildman–Crippen LogP) is 3.28. The Labute approximate surface area is 143 Å². The van der Waals surface area contributed by atoms with E-state index in [-0.39, 0.29) is 6.04 Å². The van der Waals surface area contributed by atoms with Gasteiger partial charge >= 0.3 is 0 Å². The van der Waals surface area contributed by atoms with E-state index in [9.17, 15) is 0 Å². The molecule has 0 bridgehead atoms. The number of hydrogen-bond donors (Lipinski definition) is 2. The maximum atomic E-state index is 5.39. The summed E-state index contributed by atoms with van der Waals surface area (Å²) in [5.41, 5.74) is 2.16. The fourth-order valence-corrected chi connectivity index (χ4v) is 2.54. The second kappa shape index (κ2) is 8.50. The third kappa shape index (κ3) is 5.23. The van der Waals surface area contributed by atoms with Crippen LogP contribution in [0.2, 0.25) is 0 Å². The first kappa shape index (κ1) is 17.2. The number of benzene rings is 2. The van der Waals surface area contributed by atoms with Gasteiger partial charge in [-0.2, -0.15) is 0 Å². The molecule has 122 valence electrons. The van der Waals surface area contributed by atoms with Crippen molar-refractivity contribution in [3.8, 4) is 5.75 Å². The fourth-order valence-electron chi connectivity index (χ4n) is 2.34. The standard InChI is InChI=1S/C18H23N3OS/c1-21(2)17(14-8-5-4-6-9-14)13-19-18(23)20-15-10-7-11-16(12-15)22-3/h4-12,17H,13H2,1-3H3,(H2,19,20,23)/t17-/m1/s1. The predicted molar refractivity (Wildman–Crippen MR) is 100 cm³/mol. The molecule has 0 amide bonds. The number of nitrogens with zero attached hydrogens (tertiary/aromatic N) is 1. The molecule has 1 atom stereocenters.